The van der Waals surface area contributed by atoms with E-state index in [0.717, 1.165) is 22.3 Å². The number of hydrogen-bond acceptors (Lipinski definition) is 3. The van der Waals surface area contributed by atoms with Gasteiger partial charge in [-0.2, -0.15) is 0 Å². The Labute approximate surface area is 141 Å². The second-order valence-electron chi connectivity index (χ2n) is 6.17. The number of fused-ring (bicyclic) bond motifs is 1. The van der Waals surface area contributed by atoms with Crippen LogP contribution in [-0.2, 0) is 0 Å². The van der Waals surface area contributed by atoms with Crippen LogP contribution < -0.4 is 5.32 Å². The van der Waals surface area contributed by atoms with Crippen LogP contribution in [0.25, 0.3) is 16.9 Å². The molecular weight excluding hydrogens is 302 g/mol. The molecule has 24 heavy (non-hydrogen) atoms. The van der Waals surface area contributed by atoms with Gasteiger partial charge in [0, 0.05) is 18.3 Å². The number of benzene rings is 1. The van der Waals surface area contributed by atoms with Gasteiger partial charge in [-0.3, -0.25) is 9.20 Å². The normalized spacial score (nSPS) is 12.3. The summed E-state index contributed by atoms with van der Waals surface area (Å²) in [6.45, 7) is 5.83. The first-order valence-electron chi connectivity index (χ1n) is 7.97. The Balaban J connectivity index is 2.15. The van der Waals surface area contributed by atoms with E-state index in [2.05, 4.69) is 10.3 Å². The fourth-order valence-electron chi connectivity index (χ4n) is 2.60. The molecule has 124 valence electrons. The predicted octanol–water partition coefficient (Wildman–Crippen LogP) is 2.73. The van der Waals surface area contributed by atoms with Gasteiger partial charge in [-0.15, -0.1) is 0 Å². The van der Waals surface area contributed by atoms with E-state index in [-0.39, 0.29) is 12.5 Å². The van der Waals surface area contributed by atoms with E-state index >= 15 is 0 Å². The molecule has 2 aromatic heterocycles. The first-order chi connectivity index (χ1) is 11.5. The molecule has 1 aromatic carbocycles. The number of aromatic nitrogens is 2. The lowest BCUT2D eigenvalue weighted by molar-refractivity contribution is 0.0919. The van der Waals surface area contributed by atoms with Crippen LogP contribution in [0, 0.1) is 13.8 Å². The van der Waals surface area contributed by atoms with Gasteiger partial charge in [0.05, 0.1) is 6.10 Å². The molecular formula is C19H21N3O2. The van der Waals surface area contributed by atoms with E-state index in [4.69, 9.17) is 0 Å². The molecule has 0 radical (unpaired) electrons. The second kappa shape index (κ2) is 6.45. The molecule has 0 saturated heterocycles. The number of carbonyl (C=O) groups is 1. The standard InChI is InChI=1S/C19H21N3O2/c1-12-4-7-15(8-5-12)17-18(19(24)20-10-14(3)23)22-11-13(2)6-9-16(22)21-17/h4-9,11,14,23H,10H2,1-3H3,(H,20,24). The van der Waals surface area contributed by atoms with Crippen LogP contribution in [0.5, 0.6) is 0 Å². The van der Waals surface area contributed by atoms with E-state index in [1.807, 2.05) is 60.8 Å². The molecule has 0 aliphatic rings. The summed E-state index contributed by atoms with van der Waals surface area (Å²) in [4.78, 5) is 17.4. The van der Waals surface area contributed by atoms with Crippen molar-refractivity contribution in [3.8, 4) is 11.3 Å². The Kier molecular flexibility index (Phi) is 4.36. The number of aliphatic hydroxyl groups is 1. The van der Waals surface area contributed by atoms with Gasteiger partial charge in [-0.1, -0.05) is 35.9 Å². The topological polar surface area (TPSA) is 66.6 Å². The van der Waals surface area contributed by atoms with Crippen molar-refractivity contribution in [1.82, 2.24) is 14.7 Å². The lowest BCUT2D eigenvalue weighted by Gasteiger charge is -2.09. The average molecular weight is 323 g/mol. The maximum absolute atomic E-state index is 12.7. The minimum atomic E-state index is -0.599. The van der Waals surface area contributed by atoms with Crippen molar-refractivity contribution >= 4 is 11.6 Å². The number of imidazole rings is 1. The summed E-state index contributed by atoms with van der Waals surface area (Å²) < 4.78 is 1.81. The molecule has 3 rings (SSSR count). The zero-order chi connectivity index (χ0) is 17.3. The number of aryl methyl sites for hydroxylation is 2. The van der Waals surface area contributed by atoms with Gasteiger partial charge in [0.2, 0.25) is 0 Å². The molecule has 0 aliphatic carbocycles. The van der Waals surface area contributed by atoms with Gasteiger partial charge in [0.1, 0.15) is 17.0 Å². The molecule has 0 saturated carbocycles. The Morgan fingerprint density at radius 3 is 2.50 bits per heavy atom. The van der Waals surface area contributed by atoms with Crippen molar-refractivity contribution < 1.29 is 9.90 Å². The highest BCUT2D eigenvalue weighted by molar-refractivity contribution is 5.99. The summed E-state index contributed by atoms with van der Waals surface area (Å²) in [7, 11) is 0. The fraction of sp³-hybridized carbons (Fsp3) is 0.263. The molecule has 2 heterocycles. The number of nitrogens with one attached hydrogen (secondary N) is 1. The Hall–Kier alpha value is -2.66. The van der Waals surface area contributed by atoms with Gasteiger partial charge >= 0.3 is 0 Å². The van der Waals surface area contributed by atoms with Crippen molar-refractivity contribution in [3.63, 3.8) is 0 Å². The van der Waals surface area contributed by atoms with Gasteiger partial charge in [-0.25, -0.2) is 4.98 Å². The van der Waals surface area contributed by atoms with Crippen LogP contribution >= 0.6 is 0 Å². The number of carbonyl (C=O) groups excluding carboxylic acids is 1. The van der Waals surface area contributed by atoms with E-state index in [0.29, 0.717) is 11.4 Å². The molecule has 1 unspecified atom stereocenters. The molecule has 1 atom stereocenters. The third kappa shape index (κ3) is 3.16. The average Bonchev–Trinajstić information content (AvgIpc) is 2.91. The Bertz CT molecular complexity index is 880. The first-order valence-corrected chi connectivity index (χ1v) is 7.97. The third-order valence-corrected chi connectivity index (χ3v) is 3.86. The number of rotatable bonds is 4. The minimum Gasteiger partial charge on any atom is -0.392 e. The van der Waals surface area contributed by atoms with E-state index in [1.165, 1.54) is 0 Å². The summed E-state index contributed by atoms with van der Waals surface area (Å²) in [6.07, 6.45) is 1.30. The van der Waals surface area contributed by atoms with Crippen LogP contribution in [0.15, 0.2) is 42.6 Å². The molecule has 0 bridgehead atoms. The summed E-state index contributed by atoms with van der Waals surface area (Å²) in [5.41, 5.74) is 4.93. The van der Waals surface area contributed by atoms with Crippen LogP contribution in [0.1, 0.15) is 28.5 Å². The Morgan fingerprint density at radius 2 is 1.83 bits per heavy atom. The molecule has 0 fully saturated rings. The van der Waals surface area contributed by atoms with Crippen LogP contribution in [0.3, 0.4) is 0 Å². The molecule has 3 aromatic rings. The van der Waals surface area contributed by atoms with Crippen molar-refractivity contribution in [3.05, 3.63) is 59.4 Å². The largest absolute Gasteiger partial charge is 0.392 e. The third-order valence-electron chi connectivity index (χ3n) is 3.86. The molecule has 0 spiro atoms. The highest BCUT2D eigenvalue weighted by Crippen LogP contribution is 2.25. The number of pyridine rings is 1. The number of nitrogens with zero attached hydrogens (tertiary/aromatic N) is 2. The zero-order valence-corrected chi connectivity index (χ0v) is 14.1. The number of hydrogen-bond donors (Lipinski definition) is 2. The molecule has 0 aliphatic heterocycles. The lowest BCUT2D eigenvalue weighted by Crippen LogP contribution is -2.31. The van der Waals surface area contributed by atoms with Gasteiger partial charge < -0.3 is 10.4 Å². The van der Waals surface area contributed by atoms with E-state index in [9.17, 15) is 9.90 Å². The van der Waals surface area contributed by atoms with Gasteiger partial charge in [-0.05, 0) is 32.4 Å². The van der Waals surface area contributed by atoms with E-state index < -0.39 is 6.10 Å². The van der Waals surface area contributed by atoms with E-state index in [1.54, 1.807) is 6.92 Å². The fourth-order valence-corrected chi connectivity index (χ4v) is 2.60. The first kappa shape index (κ1) is 16.2. The monoisotopic (exact) mass is 323 g/mol. The summed E-state index contributed by atoms with van der Waals surface area (Å²) in [5.74, 6) is -0.246. The second-order valence-corrected chi connectivity index (χ2v) is 6.17. The molecule has 5 heteroatoms. The summed E-state index contributed by atoms with van der Waals surface area (Å²) >= 11 is 0. The quantitative estimate of drug-likeness (QED) is 0.776. The number of aliphatic hydroxyl groups excluding tert-OH is 1. The van der Waals surface area contributed by atoms with Crippen molar-refractivity contribution in [2.45, 2.75) is 26.9 Å². The zero-order valence-electron chi connectivity index (χ0n) is 14.1. The molecule has 1 amide bonds. The minimum absolute atomic E-state index is 0.200. The van der Waals surface area contributed by atoms with Gasteiger partial charge in [0.25, 0.3) is 5.91 Å². The van der Waals surface area contributed by atoms with Crippen LogP contribution in [0.4, 0.5) is 0 Å². The van der Waals surface area contributed by atoms with Crippen LogP contribution in [-0.4, -0.2) is 33.0 Å². The molecule has 5 nitrogen and oxygen atoms in total. The maximum Gasteiger partial charge on any atom is 0.270 e. The Morgan fingerprint density at radius 1 is 1.17 bits per heavy atom. The van der Waals surface area contributed by atoms with Crippen molar-refractivity contribution in [2.24, 2.45) is 0 Å². The lowest BCUT2D eigenvalue weighted by atomic mass is 10.1. The van der Waals surface area contributed by atoms with Crippen molar-refractivity contribution in [2.75, 3.05) is 6.54 Å². The predicted molar refractivity (Wildman–Crippen MR) is 94.1 cm³/mol. The smallest absolute Gasteiger partial charge is 0.270 e. The van der Waals surface area contributed by atoms with Gasteiger partial charge in [0.15, 0.2) is 0 Å². The number of amides is 1. The summed E-state index contributed by atoms with van der Waals surface area (Å²) in [5, 5.41) is 12.2. The maximum atomic E-state index is 12.7. The highest BCUT2D eigenvalue weighted by Gasteiger charge is 2.20. The SMILES string of the molecule is Cc1ccc(-c2nc3ccc(C)cn3c2C(=O)NCC(C)O)cc1. The summed E-state index contributed by atoms with van der Waals surface area (Å²) in [6, 6.07) is 11.8. The van der Waals surface area contributed by atoms with Crippen molar-refractivity contribution in [1.29, 1.82) is 0 Å². The highest BCUT2D eigenvalue weighted by atomic mass is 16.3. The molecule has 2 N–H and O–H groups in total. The van der Waals surface area contributed by atoms with Crippen LogP contribution in [0.2, 0.25) is 0 Å².